The highest BCUT2D eigenvalue weighted by Gasteiger charge is 2.00. The van der Waals surface area contributed by atoms with E-state index in [2.05, 4.69) is 9.97 Å². The number of ether oxygens (including phenoxy) is 1. The van der Waals surface area contributed by atoms with Gasteiger partial charge in [-0.2, -0.15) is 4.98 Å². The van der Waals surface area contributed by atoms with Crippen molar-refractivity contribution in [1.82, 2.24) is 9.97 Å². The van der Waals surface area contributed by atoms with E-state index in [1.54, 1.807) is 6.07 Å². The van der Waals surface area contributed by atoms with E-state index in [-0.39, 0.29) is 0 Å². The second-order valence-corrected chi connectivity index (χ2v) is 2.33. The van der Waals surface area contributed by atoms with Crippen molar-refractivity contribution in [3.63, 3.8) is 0 Å². The summed E-state index contributed by atoms with van der Waals surface area (Å²) in [6.45, 7) is 4.48. The first-order valence-electron chi connectivity index (χ1n) is 4.02. The van der Waals surface area contributed by atoms with Crippen molar-refractivity contribution in [3.8, 4) is 5.88 Å². The molecule has 0 aliphatic heterocycles. The fourth-order valence-corrected chi connectivity index (χ4v) is 0.872. The Kier molecular flexibility index (Phi) is 2.85. The smallest absolute Gasteiger partial charge is 0.218 e. The summed E-state index contributed by atoms with van der Waals surface area (Å²) in [5, 5.41) is 0. The highest BCUT2D eigenvalue weighted by molar-refractivity contribution is 5.32. The lowest BCUT2D eigenvalue weighted by Crippen LogP contribution is -2.02. The minimum atomic E-state index is 0.463. The lowest BCUT2D eigenvalue weighted by Gasteiger charge is -2.03. The number of rotatable bonds is 3. The molecule has 1 rings (SSSR count). The quantitative estimate of drug-likeness (QED) is 0.730. The monoisotopic (exact) mass is 167 g/mol. The third-order valence-electron chi connectivity index (χ3n) is 1.38. The van der Waals surface area contributed by atoms with Gasteiger partial charge in [-0.1, -0.05) is 6.92 Å². The molecular weight excluding hydrogens is 154 g/mol. The highest BCUT2D eigenvalue weighted by atomic mass is 16.5. The second kappa shape index (κ2) is 3.90. The Labute approximate surface area is 71.8 Å². The number of hydrogen-bond acceptors (Lipinski definition) is 4. The molecule has 1 aromatic rings. The van der Waals surface area contributed by atoms with Crippen LogP contribution in [0.15, 0.2) is 6.07 Å². The van der Waals surface area contributed by atoms with Crippen LogP contribution in [0.25, 0.3) is 0 Å². The molecule has 0 unspecified atom stereocenters. The Bertz CT molecular complexity index is 262. The van der Waals surface area contributed by atoms with Crippen LogP contribution in [0, 0.1) is 0 Å². The molecule has 4 nitrogen and oxygen atoms in total. The van der Waals surface area contributed by atoms with E-state index in [4.69, 9.17) is 10.5 Å². The molecule has 0 aliphatic rings. The van der Waals surface area contributed by atoms with Crippen molar-refractivity contribution in [3.05, 3.63) is 11.9 Å². The van der Waals surface area contributed by atoms with Crippen molar-refractivity contribution in [2.75, 3.05) is 12.3 Å². The molecule has 0 spiro atoms. The third-order valence-corrected chi connectivity index (χ3v) is 1.38. The number of aryl methyl sites for hydroxylation is 1. The molecule has 0 amide bonds. The van der Waals surface area contributed by atoms with Gasteiger partial charge in [0, 0.05) is 12.5 Å². The second-order valence-electron chi connectivity index (χ2n) is 2.33. The Morgan fingerprint density at radius 1 is 1.42 bits per heavy atom. The summed E-state index contributed by atoms with van der Waals surface area (Å²) in [7, 11) is 0. The van der Waals surface area contributed by atoms with Crippen molar-refractivity contribution < 1.29 is 4.74 Å². The van der Waals surface area contributed by atoms with Crippen LogP contribution in [-0.2, 0) is 6.42 Å². The summed E-state index contributed by atoms with van der Waals surface area (Å²) in [4.78, 5) is 8.15. The molecule has 0 radical (unpaired) electrons. The van der Waals surface area contributed by atoms with Crippen LogP contribution >= 0.6 is 0 Å². The molecular formula is C8H13N3O. The van der Waals surface area contributed by atoms with E-state index < -0.39 is 0 Å². The van der Waals surface area contributed by atoms with Gasteiger partial charge in [-0.25, -0.2) is 4.98 Å². The summed E-state index contributed by atoms with van der Waals surface area (Å²) in [5.74, 6) is 1.74. The molecule has 0 aliphatic carbocycles. The first-order valence-corrected chi connectivity index (χ1v) is 4.02. The predicted molar refractivity (Wildman–Crippen MR) is 47.0 cm³/mol. The average molecular weight is 167 g/mol. The Morgan fingerprint density at radius 2 is 2.17 bits per heavy atom. The van der Waals surface area contributed by atoms with Gasteiger partial charge in [-0.05, 0) is 6.92 Å². The summed E-state index contributed by atoms with van der Waals surface area (Å²) >= 11 is 0. The number of aromatic nitrogens is 2. The van der Waals surface area contributed by atoms with Crippen molar-refractivity contribution in [2.45, 2.75) is 20.3 Å². The van der Waals surface area contributed by atoms with Gasteiger partial charge in [0.1, 0.15) is 11.6 Å². The molecule has 4 heteroatoms. The Balaban J connectivity index is 2.90. The lowest BCUT2D eigenvalue weighted by atomic mass is 10.4. The molecule has 0 saturated carbocycles. The van der Waals surface area contributed by atoms with Crippen LogP contribution in [0.1, 0.15) is 19.7 Å². The number of anilines is 1. The zero-order valence-electron chi connectivity index (χ0n) is 7.37. The largest absolute Gasteiger partial charge is 0.478 e. The maximum absolute atomic E-state index is 5.53. The SMILES string of the molecule is CCOc1cc(N)nc(CC)n1. The molecule has 0 saturated heterocycles. The summed E-state index contributed by atoms with van der Waals surface area (Å²) < 4.78 is 5.20. The highest BCUT2D eigenvalue weighted by Crippen LogP contribution is 2.10. The first kappa shape index (κ1) is 8.77. The molecule has 66 valence electrons. The van der Waals surface area contributed by atoms with Gasteiger partial charge in [0.15, 0.2) is 0 Å². The predicted octanol–water partition coefficient (Wildman–Crippen LogP) is 1.02. The van der Waals surface area contributed by atoms with Crippen molar-refractivity contribution in [1.29, 1.82) is 0 Å². The maximum Gasteiger partial charge on any atom is 0.218 e. The number of nitrogens with zero attached hydrogens (tertiary/aromatic N) is 2. The minimum absolute atomic E-state index is 0.463. The first-order chi connectivity index (χ1) is 5.76. The topological polar surface area (TPSA) is 61.0 Å². The van der Waals surface area contributed by atoms with Gasteiger partial charge in [0.2, 0.25) is 5.88 Å². The molecule has 0 fully saturated rings. The van der Waals surface area contributed by atoms with Gasteiger partial charge >= 0.3 is 0 Å². The number of nitrogens with two attached hydrogens (primary N) is 1. The zero-order valence-corrected chi connectivity index (χ0v) is 7.37. The molecule has 0 atom stereocenters. The minimum Gasteiger partial charge on any atom is -0.478 e. The molecule has 1 aromatic heterocycles. The van der Waals surface area contributed by atoms with E-state index in [0.717, 1.165) is 12.2 Å². The number of hydrogen-bond donors (Lipinski definition) is 1. The zero-order chi connectivity index (χ0) is 8.97. The summed E-state index contributed by atoms with van der Waals surface area (Å²) in [6, 6.07) is 1.63. The maximum atomic E-state index is 5.53. The van der Waals surface area contributed by atoms with Gasteiger partial charge in [-0.15, -0.1) is 0 Å². The Morgan fingerprint density at radius 3 is 2.75 bits per heavy atom. The average Bonchev–Trinajstić information content (AvgIpc) is 2.04. The fourth-order valence-electron chi connectivity index (χ4n) is 0.872. The van der Waals surface area contributed by atoms with Crippen LogP contribution in [0.2, 0.25) is 0 Å². The molecule has 12 heavy (non-hydrogen) atoms. The standard InChI is InChI=1S/C8H13N3O/c1-3-7-10-6(9)5-8(11-7)12-4-2/h5H,3-4H2,1-2H3,(H2,9,10,11). The van der Waals surface area contributed by atoms with Gasteiger partial charge < -0.3 is 10.5 Å². The fraction of sp³-hybridized carbons (Fsp3) is 0.500. The van der Waals surface area contributed by atoms with Gasteiger partial charge in [0.25, 0.3) is 0 Å². The van der Waals surface area contributed by atoms with Crippen LogP contribution in [0.5, 0.6) is 5.88 Å². The van der Waals surface area contributed by atoms with Crippen molar-refractivity contribution >= 4 is 5.82 Å². The van der Waals surface area contributed by atoms with Crippen molar-refractivity contribution in [2.24, 2.45) is 0 Å². The summed E-state index contributed by atoms with van der Waals surface area (Å²) in [5.41, 5.74) is 5.53. The summed E-state index contributed by atoms with van der Waals surface area (Å²) in [6.07, 6.45) is 0.769. The third kappa shape index (κ3) is 2.08. The molecule has 0 bridgehead atoms. The molecule has 1 heterocycles. The van der Waals surface area contributed by atoms with Gasteiger partial charge in [-0.3, -0.25) is 0 Å². The van der Waals surface area contributed by atoms with Crippen LogP contribution in [0.4, 0.5) is 5.82 Å². The van der Waals surface area contributed by atoms with Crippen LogP contribution in [-0.4, -0.2) is 16.6 Å². The molecule has 2 N–H and O–H groups in total. The van der Waals surface area contributed by atoms with E-state index in [9.17, 15) is 0 Å². The van der Waals surface area contributed by atoms with E-state index in [0.29, 0.717) is 18.3 Å². The van der Waals surface area contributed by atoms with E-state index in [1.807, 2.05) is 13.8 Å². The Hall–Kier alpha value is -1.32. The van der Waals surface area contributed by atoms with Crippen LogP contribution in [0.3, 0.4) is 0 Å². The lowest BCUT2D eigenvalue weighted by molar-refractivity contribution is 0.325. The normalized spacial score (nSPS) is 9.83. The number of nitrogen functional groups attached to an aromatic ring is 1. The van der Waals surface area contributed by atoms with E-state index >= 15 is 0 Å². The van der Waals surface area contributed by atoms with Gasteiger partial charge in [0.05, 0.1) is 6.61 Å². The molecule has 0 aromatic carbocycles. The van der Waals surface area contributed by atoms with E-state index in [1.165, 1.54) is 0 Å². The van der Waals surface area contributed by atoms with Crippen LogP contribution < -0.4 is 10.5 Å².